The van der Waals surface area contributed by atoms with E-state index in [9.17, 15) is 13.6 Å². The van der Waals surface area contributed by atoms with Gasteiger partial charge < -0.3 is 14.4 Å². The molecule has 0 aliphatic heterocycles. The average Bonchev–Trinajstić information content (AvgIpc) is 2.70. The van der Waals surface area contributed by atoms with Crippen molar-refractivity contribution in [1.29, 1.82) is 5.26 Å². The molecule has 6 nitrogen and oxygen atoms in total. The quantitative estimate of drug-likeness (QED) is 0.561. The van der Waals surface area contributed by atoms with E-state index in [2.05, 4.69) is 10.8 Å². The van der Waals surface area contributed by atoms with Crippen molar-refractivity contribution in [3.05, 3.63) is 53.1 Å². The normalized spacial score (nSPS) is 10.8. The summed E-state index contributed by atoms with van der Waals surface area (Å²) in [5.74, 6) is -0.000675. The average molecular weight is 431 g/mol. The molecule has 0 aromatic heterocycles. The molecule has 8 heteroatoms. The molecule has 0 radical (unpaired) electrons. The summed E-state index contributed by atoms with van der Waals surface area (Å²) in [6, 6.07) is 12.6. The maximum atomic E-state index is 13.0. The number of carbonyl (C=O) groups is 1. The number of hydrogen-bond donors (Lipinski definition) is 0. The lowest BCUT2D eigenvalue weighted by Gasteiger charge is -2.26. The van der Waals surface area contributed by atoms with Crippen molar-refractivity contribution in [2.24, 2.45) is 0 Å². The molecular formula is C23H27F2N3O3. The number of benzene rings is 2. The minimum Gasteiger partial charge on any atom is -0.493 e. The van der Waals surface area contributed by atoms with Gasteiger partial charge in [0.05, 0.1) is 26.1 Å². The summed E-state index contributed by atoms with van der Waals surface area (Å²) in [5, 5.41) is 8.98. The van der Waals surface area contributed by atoms with Crippen LogP contribution in [-0.2, 0) is 11.3 Å². The molecule has 166 valence electrons. The Morgan fingerprint density at radius 1 is 1.13 bits per heavy atom. The number of halogens is 2. The first kappa shape index (κ1) is 24.1. The molecule has 0 unspecified atom stereocenters. The molecule has 0 spiro atoms. The molecule has 2 aromatic carbocycles. The van der Waals surface area contributed by atoms with Gasteiger partial charge in [0, 0.05) is 18.8 Å². The highest BCUT2D eigenvalue weighted by molar-refractivity contribution is 5.95. The van der Waals surface area contributed by atoms with Crippen LogP contribution in [0, 0.1) is 25.2 Å². The lowest BCUT2D eigenvalue weighted by molar-refractivity contribution is -0.119. The van der Waals surface area contributed by atoms with Gasteiger partial charge in [-0.25, -0.2) is 0 Å². The van der Waals surface area contributed by atoms with Crippen LogP contribution < -0.4 is 14.4 Å². The fourth-order valence-corrected chi connectivity index (χ4v) is 3.14. The Bertz CT molecular complexity index is 944. The van der Waals surface area contributed by atoms with Gasteiger partial charge in [-0.05, 0) is 61.9 Å². The summed E-state index contributed by atoms with van der Waals surface area (Å²) in [6.45, 7) is 1.73. The van der Waals surface area contributed by atoms with Crippen molar-refractivity contribution < 1.29 is 23.0 Å². The SMILES string of the molecule is COc1ccc(CN(C)CC(=O)N(CCC#N)c2ccc(C)c(C)c2)cc1OC(F)F. The molecule has 2 aromatic rings. The summed E-state index contributed by atoms with van der Waals surface area (Å²) < 4.78 is 34.9. The van der Waals surface area contributed by atoms with E-state index in [1.54, 1.807) is 29.0 Å². The van der Waals surface area contributed by atoms with Crippen molar-refractivity contribution >= 4 is 11.6 Å². The standard InChI is InChI=1S/C23H27F2N3O3/c1-16-6-8-19(12-17(16)2)28(11-5-10-26)22(29)15-27(3)14-18-7-9-20(30-4)21(13-18)31-23(24)25/h6-9,12-13,23H,5,11,14-15H2,1-4H3. The molecule has 0 aliphatic carbocycles. The van der Waals surface area contributed by atoms with Gasteiger partial charge in [-0.1, -0.05) is 12.1 Å². The molecule has 0 atom stereocenters. The van der Waals surface area contributed by atoms with Crippen LogP contribution in [0.4, 0.5) is 14.5 Å². The van der Waals surface area contributed by atoms with E-state index in [0.717, 1.165) is 16.8 Å². The van der Waals surface area contributed by atoms with Gasteiger partial charge in [-0.2, -0.15) is 14.0 Å². The third-order valence-electron chi connectivity index (χ3n) is 4.85. The second-order valence-electron chi connectivity index (χ2n) is 7.26. The summed E-state index contributed by atoms with van der Waals surface area (Å²) >= 11 is 0. The molecule has 0 N–H and O–H groups in total. The Morgan fingerprint density at radius 2 is 1.87 bits per heavy atom. The van der Waals surface area contributed by atoms with Crippen LogP contribution in [0.3, 0.4) is 0 Å². The van der Waals surface area contributed by atoms with Gasteiger partial charge in [0.25, 0.3) is 0 Å². The van der Waals surface area contributed by atoms with E-state index in [1.807, 2.05) is 32.0 Å². The van der Waals surface area contributed by atoms with Crippen molar-refractivity contribution in [3.8, 4) is 17.6 Å². The molecule has 0 saturated heterocycles. The first-order chi connectivity index (χ1) is 14.7. The zero-order chi connectivity index (χ0) is 23.0. The number of nitriles is 1. The van der Waals surface area contributed by atoms with Gasteiger partial charge in [-0.3, -0.25) is 9.69 Å². The molecule has 0 fully saturated rings. The number of carbonyl (C=O) groups excluding carboxylic acids is 1. The van der Waals surface area contributed by atoms with Crippen LogP contribution >= 0.6 is 0 Å². The highest BCUT2D eigenvalue weighted by Crippen LogP contribution is 2.30. The number of methoxy groups -OCH3 is 1. The molecule has 2 rings (SSSR count). The van der Waals surface area contributed by atoms with Crippen LogP contribution in [0.5, 0.6) is 11.5 Å². The first-order valence-corrected chi connectivity index (χ1v) is 9.80. The minimum atomic E-state index is -2.96. The van der Waals surface area contributed by atoms with Crippen molar-refractivity contribution in [1.82, 2.24) is 4.90 Å². The van der Waals surface area contributed by atoms with Gasteiger partial charge >= 0.3 is 6.61 Å². The lowest BCUT2D eigenvalue weighted by atomic mass is 10.1. The number of hydrogen-bond acceptors (Lipinski definition) is 5. The third kappa shape index (κ3) is 6.93. The van der Waals surface area contributed by atoms with Gasteiger partial charge in [0.15, 0.2) is 11.5 Å². The molecule has 0 saturated carbocycles. The highest BCUT2D eigenvalue weighted by atomic mass is 19.3. The van der Waals surface area contributed by atoms with Crippen LogP contribution in [0.2, 0.25) is 0 Å². The molecule has 0 bridgehead atoms. The van der Waals surface area contributed by atoms with Crippen LogP contribution in [0.1, 0.15) is 23.1 Å². The van der Waals surface area contributed by atoms with Gasteiger partial charge in [0.2, 0.25) is 5.91 Å². The lowest BCUT2D eigenvalue weighted by Crippen LogP contribution is -2.39. The van der Waals surface area contributed by atoms with E-state index in [-0.39, 0.29) is 30.4 Å². The Morgan fingerprint density at radius 3 is 2.48 bits per heavy atom. The monoisotopic (exact) mass is 431 g/mol. The number of likely N-dealkylation sites (N-methyl/N-ethyl adjacent to an activating group) is 1. The second kappa shape index (κ2) is 11.3. The smallest absolute Gasteiger partial charge is 0.387 e. The molecule has 0 heterocycles. The number of rotatable bonds is 10. The van der Waals surface area contributed by atoms with E-state index in [4.69, 9.17) is 10.00 Å². The Hall–Kier alpha value is -3.18. The highest BCUT2D eigenvalue weighted by Gasteiger charge is 2.19. The summed E-state index contributed by atoms with van der Waals surface area (Å²) in [4.78, 5) is 16.4. The number of ether oxygens (including phenoxy) is 2. The van der Waals surface area contributed by atoms with E-state index < -0.39 is 6.61 Å². The molecule has 0 aliphatic rings. The minimum absolute atomic E-state index is 0.0551. The van der Waals surface area contributed by atoms with E-state index in [1.165, 1.54) is 13.2 Å². The Kier molecular flexibility index (Phi) is 8.76. The van der Waals surface area contributed by atoms with Crippen molar-refractivity contribution in [2.45, 2.75) is 33.4 Å². The molecule has 1 amide bonds. The fourth-order valence-electron chi connectivity index (χ4n) is 3.14. The summed E-state index contributed by atoms with van der Waals surface area (Å²) in [7, 11) is 3.14. The number of nitrogens with zero attached hydrogens (tertiary/aromatic N) is 3. The fraction of sp³-hybridized carbons (Fsp3) is 0.391. The number of anilines is 1. The largest absolute Gasteiger partial charge is 0.493 e. The van der Waals surface area contributed by atoms with E-state index in [0.29, 0.717) is 18.7 Å². The summed E-state index contributed by atoms with van der Waals surface area (Å²) in [6.07, 6.45) is 0.217. The maximum absolute atomic E-state index is 13.0. The van der Waals surface area contributed by atoms with Crippen molar-refractivity contribution in [2.75, 3.05) is 32.1 Å². The zero-order valence-corrected chi connectivity index (χ0v) is 18.2. The number of amides is 1. The predicted molar refractivity (Wildman–Crippen MR) is 114 cm³/mol. The first-order valence-electron chi connectivity index (χ1n) is 9.80. The van der Waals surface area contributed by atoms with Gasteiger partial charge in [-0.15, -0.1) is 0 Å². The number of aryl methyl sites for hydroxylation is 2. The topological polar surface area (TPSA) is 65.8 Å². The van der Waals surface area contributed by atoms with Crippen LogP contribution in [-0.4, -0.2) is 44.7 Å². The van der Waals surface area contributed by atoms with Crippen molar-refractivity contribution in [3.63, 3.8) is 0 Å². The second-order valence-corrected chi connectivity index (χ2v) is 7.26. The zero-order valence-electron chi connectivity index (χ0n) is 18.2. The molecule has 31 heavy (non-hydrogen) atoms. The van der Waals surface area contributed by atoms with Crippen LogP contribution in [0.25, 0.3) is 0 Å². The third-order valence-corrected chi connectivity index (χ3v) is 4.85. The maximum Gasteiger partial charge on any atom is 0.387 e. The Balaban J connectivity index is 2.13. The Labute approximate surface area is 181 Å². The summed E-state index contributed by atoms with van der Waals surface area (Å²) in [5.41, 5.74) is 3.62. The van der Waals surface area contributed by atoms with Gasteiger partial charge in [0.1, 0.15) is 0 Å². The van der Waals surface area contributed by atoms with Crippen LogP contribution in [0.15, 0.2) is 36.4 Å². The predicted octanol–water partition coefficient (Wildman–Crippen LogP) is 4.29. The van der Waals surface area contributed by atoms with E-state index >= 15 is 0 Å². The molecular weight excluding hydrogens is 404 g/mol. The number of alkyl halides is 2.